The van der Waals surface area contributed by atoms with Crippen LogP contribution in [-0.2, 0) is 4.74 Å². The lowest BCUT2D eigenvalue weighted by molar-refractivity contribution is 0.0509. The van der Waals surface area contributed by atoms with Crippen LogP contribution in [0.4, 0.5) is 0 Å². The lowest BCUT2D eigenvalue weighted by Crippen LogP contribution is -2.40. The number of aliphatic hydroxyl groups is 1. The standard InChI is InChI=1S/C9H21NO2/c1-4-9(3,10)7-12-6-8(2)5-11/h8,11H,4-7,10H2,1-3H3. The van der Waals surface area contributed by atoms with E-state index in [-0.39, 0.29) is 18.1 Å². The topological polar surface area (TPSA) is 55.5 Å². The van der Waals surface area contributed by atoms with E-state index in [2.05, 4.69) is 0 Å². The molecule has 0 aromatic heterocycles. The molecule has 0 saturated carbocycles. The predicted molar refractivity (Wildman–Crippen MR) is 50.0 cm³/mol. The second-order valence-corrected chi connectivity index (χ2v) is 3.81. The molecule has 3 N–H and O–H groups in total. The Morgan fingerprint density at radius 1 is 1.58 bits per heavy atom. The van der Waals surface area contributed by atoms with Crippen LogP contribution in [0.3, 0.4) is 0 Å². The Balaban J connectivity index is 3.42. The molecular formula is C9H21NO2. The van der Waals surface area contributed by atoms with Gasteiger partial charge in [-0.3, -0.25) is 0 Å². The molecule has 0 aliphatic rings. The van der Waals surface area contributed by atoms with Crippen molar-refractivity contribution in [2.45, 2.75) is 32.7 Å². The van der Waals surface area contributed by atoms with Gasteiger partial charge in [-0.2, -0.15) is 0 Å². The number of aliphatic hydroxyl groups excluding tert-OH is 1. The smallest absolute Gasteiger partial charge is 0.0643 e. The highest BCUT2D eigenvalue weighted by Gasteiger charge is 2.15. The molecule has 0 fully saturated rings. The van der Waals surface area contributed by atoms with Crippen molar-refractivity contribution >= 4 is 0 Å². The van der Waals surface area contributed by atoms with Crippen molar-refractivity contribution in [3.05, 3.63) is 0 Å². The van der Waals surface area contributed by atoms with Crippen LogP contribution in [0.2, 0.25) is 0 Å². The second-order valence-electron chi connectivity index (χ2n) is 3.81. The van der Waals surface area contributed by atoms with Gasteiger partial charge >= 0.3 is 0 Å². The van der Waals surface area contributed by atoms with Crippen molar-refractivity contribution in [2.24, 2.45) is 11.7 Å². The Bertz CT molecular complexity index is 115. The molecule has 74 valence electrons. The van der Waals surface area contributed by atoms with Crippen LogP contribution in [-0.4, -0.2) is 30.5 Å². The zero-order valence-corrected chi connectivity index (χ0v) is 8.34. The summed E-state index contributed by atoms with van der Waals surface area (Å²) in [4.78, 5) is 0. The Morgan fingerprint density at radius 3 is 2.58 bits per heavy atom. The van der Waals surface area contributed by atoms with Gasteiger partial charge in [0.25, 0.3) is 0 Å². The first-order valence-corrected chi connectivity index (χ1v) is 4.49. The van der Waals surface area contributed by atoms with E-state index in [9.17, 15) is 0 Å². The first-order chi connectivity index (χ1) is 5.52. The van der Waals surface area contributed by atoms with E-state index in [1.54, 1.807) is 0 Å². The van der Waals surface area contributed by atoms with Crippen LogP contribution in [0.5, 0.6) is 0 Å². The van der Waals surface area contributed by atoms with Gasteiger partial charge in [-0.1, -0.05) is 13.8 Å². The lowest BCUT2D eigenvalue weighted by Gasteiger charge is -2.23. The minimum Gasteiger partial charge on any atom is -0.396 e. The maximum atomic E-state index is 8.71. The van der Waals surface area contributed by atoms with Gasteiger partial charge in [-0.15, -0.1) is 0 Å². The third-order valence-corrected chi connectivity index (χ3v) is 1.95. The van der Waals surface area contributed by atoms with Crippen molar-refractivity contribution < 1.29 is 9.84 Å². The fourth-order valence-corrected chi connectivity index (χ4v) is 0.648. The van der Waals surface area contributed by atoms with Crippen LogP contribution in [0.25, 0.3) is 0 Å². The summed E-state index contributed by atoms with van der Waals surface area (Å²) in [7, 11) is 0. The monoisotopic (exact) mass is 175 g/mol. The molecule has 0 radical (unpaired) electrons. The average Bonchev–Trinajstić information content (AvgIpc) is 2.04. The molecule has 0 aliphatic carbocycles. The normalized spacial score (nSPS) is 18.8. The zero-order valence-electron chi connectivity index (χ0n) is 8.34. The largest absolute Gasteiger partial charge is 0.396 e. The van der Waals surface area contributed by atoms with E-state index in [0.717, 1.165) is 6.42 Å². The lowest BCUT2D eigenvalue weighted by atomic mass is 10.0. The van der Waals surface area contributed by atoms with E-state index in [0.29, 0.717) is 13.2 Å². The van der Waals surface area contributed by atoms with Gasteiger partial charge in [0.15, 0.2) is 0 Å². The summed E-state index contributed by atoms with van der Waals surface area (Å²) in [6.07, 6.45) is 0.903. The minimum absolute atomic E-state index is 0.174. The Hall–Kier alpha value is -0.120. The summed E-state index contributed by atoms with van der Waals surface area (Å²) in [5, 5.41) is 8.71. The quantitative estimate of drug-likeness (QED) is 0.626. The molecular weight excluding hydrogens is 154 g/mol. The van der Waals surface area contributed by atoms with Crippen LogP contribution in [0, 0.1) is 5.92 Å². The molecule has 0 saturated heterocycles. The molecule has 0 heterocycles. The predicted octanol–water partition coefficient (Wildman–Crippen LogP) is 0.759. The molecule has 3 heteroatoms. The van der Waals surface area contributed by atoms with Crippen LogP contribution in [0.15, 0.2) is 0 Å². The van der Waals surface area contributed by atoms with Gasteiger partial charge in [-0.05, 0) is 13.3 Å². The van der Waals surface area contributed by atoms with Crippen LogP contribution >= 0.6 is 0 Å². The Labute approximate surface area is 74.9 Å². The van der Waals surface area contributed by atoms with Crippen LogP contribution in [0.1, 0.15) is 27.2 Å². The van der Waals surface area contributed by atoms with Crippen molar-refractivity contribution in [1.82, 2.24) is 0 Å². The first-order valence-electron chi connectivity index (χ1n) is 4.49. The summed E-state index contributed by atoms with van der Waals surface area (Å²) in [6, 6.07) is 0. The number of ether oxygens (including phenoxy) is 1. The molecule has 2 atom stereocenters. The van der Waals surface area contributed by atoms with Gasteiger partial charge < -0.3 is 15.6 Å². The van der Waals surface area contributed by atoms with Gasteiger partial charge in [0, 0.05) is 18.1 Å². The van der Waals surface area contributed by atoms with Gasteiger partial charge in [0.05, 0.1) is 13.2 Å². The summed E-state index contributed by atoms with van der Waals surface area (Å²) in [5.41, 5.74) is 5.63. The number of hydrogen-bond acceptors (Lipinski definition) is 3. The fourth-order valence-electron chi connectivity index (χ4n) is 0.648. The van der Waals surface area contributed by atoms with Crippen LogP contribution < -0.4 is 5.73 Å². The highest BCUT2D eigenvalue weighted by Crippen LogP contribution is 2.05. The highest BCUT2D eigenvalue weighted by molar-refractivity contribution is 4.75. The van der Waals surface area contributed by atoms with Crippen molar-refractivity contribution in [3.8, 4) is 0 Å². The highest BCUT2D eigenvalue weighted by atomic mass is 16.5. The molecule has 2 unspecified atom stereocenters. The minimum atomic E-state index is -0.227. The molecule has 0 spiro atoms. The van der Waals surface area contributed by atoms with Crippen molar-refractivity contribution in [3.63, 3.8) is 0 Å². The van der Waals surface area contributed by atoms with E-state index < -0.39 is 0 Å². The molecule has 0 rings (SSSR count). The van der Waals surface area contributed by atoms with Gasteiger partial charge in [-0.25, -0.2) is 0 Å². The first kappa shape index (κ1) is 11.9. The maximum Gasteiger partial charge on any atom is 0.0643 e. The van der Waals surface area contributed by atoms with Gasteiger partial charge in [0.2, 0.25) is 0 Å². The summed E-state index contributed by atoms with van der Waals surface area (Å²) in [6.45, 7) is 7.28. The van der Waals surface area contributed by atoms with E-state index in [1.807, 2.05) is 20.8 Å². The maximum absolute atomic E-state index is 8.71. The Morgan fingerprint density at radius 2 is 2.17 bits per heavy atom. The summed E-state index contributed by atoms with van der Waals surface area (Å²) >= 11 is 0. The van der Waals surface area contributed by atoms with E-state index in [1.165, 1.54) is 0 Å². The second kappa shape index (κ2) is 5.51. The molecule has 0 aliphatic heterocycles. The number of hydrogen-bond donors (Lipinski definition) is 2. The van der Waals surface area contributed by atoms with E-state index in [4.69, 9.17) is 15.6 Å². The van der Waals surface area contributed by atoms with Crippen molar-refractivity contribution in [2.75, 3.05) is 19.8 Å². The summed E-state index contributed by atoms with van der Waals surface area (Å²) < 4.78 is 5.36. The fraction of sp³-hybridized carbons (Fsp3) is 1.00. The zero-order chi connectivity index (χ0) is 9.61. The number of rotatable bonds is 6. The van der Waals surface area contributed by atoms with E-state index >= 15 is 0 Å². The number of nitrogens with two attached hydrogens (primary N) is 1. The molecule has 0 aromatic rings. The Kier molecular flexibility index (Phi) is 5.46. The molecule has 0 amide bonds. The molecule has 0 aromatic carbocycles. The average molecular weight is 175 g/mol. The van der Waals surface area contributed by atoms with Crippen molar-refractivity contribution in [1.29, 1.82) is 0 Å². The SMILES string of the molecule is CCC(C)(N)COCC(C)CO. The third-order valence-electron chi connectivity index (χ3n) is 1.95. The molecule has 12 heavy (non-hydrogen) atoms. The molecule has 0 bridgehead atoms. The molecule has 3 nitrogen and oxygen atoms in total. The summed E-state index contributed by atoms with van der Waals surface area (Å²) in [5.74, 6) is 0.206. The van der Waals surface area contributed by atoms with Gasteiger partial charge in [0.1, 0.15) is 0 Å². The third kappa shape index (κ3) is 5.52.